The molecule has 0 aliphatic heterocycles. The molecule has 7 aliphatic carbocycles. The summed E-state index contributed by atoms with van der Waals surface area (Å²) in [5, 5.41) is 0.246. The lowest BCUT2D eigenvalue weighted by Crippen LogP contribution is -2.70. The zero-order valence-corrected chi connectivity index (χ0v) is 12.2. The van der Waals surface area contributed by atoms with Crippen molar-refractivity contribution in [2.75, 3.05) is 0 Å². The fraction of sp³-hybridized carbons (Fsp3) is 1.00. The van der Waals surface area contributed by atoms with E-state index in [0.29, 0.717) is 9.74 Å². The average molecular weight is 291 g/mol. The van der Waals surface area contributed by atoms with E-state index in [9.17, 15) is 0 Å². The van der Waals surface area contributed by atoms with E-state index in [1.165, 1.54) is 38.5 Å². The second kappa shape index (κ2) is 2.56. The van der Waals surface area contributed by atoms with Crippen molar-refractivity contribution in [3.8, 4) is 0 Å². The number of alkyl halides is 1. The number of hydrogen-bond donors (Lipinski definition) is 0. The van der Waals surface area contributed by atoms with Crippen molar-refractivity contribution in [2.45, 2.75) is 55.1 Å². The van der Waals surface area contributed by atoms with Crippen molar-refractivity contribution in [1.29, 1.82) is 0 Å². The van der Waals surface area contributed by atoms with Gasteiger partial charge in [0.2, 0.25) is 0 Å². The SMILES string of the molecule is [B]C12CC3C4CC5(Br)CC3C(C1)C(C)(C5)C4C2. The van der Waals surface area contributed by atoms with E-state index in [2.05, 4.69) is 22.9 Å². The lowest BCUT2D eigenvalue weighted by molar-refractivity contribution is -0.235. The highest BCUT2D eigenvalue weighted by Gasteiger charge is 2.72. The molecule has 0 saturated heterocycles. The second-order valence-electron chi connectivity index (χ2n) is 8.42. The highest BCUT2D eigenvalue weighted by atomic mass is 79.9. The maximum atomic E-state index is 6.68. The van der Waals surface area contributed by atoms with Crippen LogP contribution in [0.4, 0.5) is 0 Å². The largest absolute Gasteiger partial charge is 0.0853 e. The lowest BCUT2D eigenvalue weighted by Gasteiger charge is -2.78. The van der Waals surface area contributed by atoms with Gasteiger partial charge in [0.15, 0.2) is 0 Å². The van der Waals surface area contributed by atoms with Gasteiger partial charge in [-0.15, -0.1) is 0 Å². The Labute approximate surface area is 114 Å². The molecule has 4 atom stereocenters. The first kappa shape index (κ1) is 10.3. The molecular weight excluding hydrogens is 271 g/mol. The predicted octanol–water partition coefficient (Wildman–Crippen LogP) is 3.94. The molecule has 0 nitrogen and oxygen atoms in total. The third-order valence-electron chi connectivity index (χ3n) is 7.62. The van der Waals surface area contributed by atoms with Crippen LogP contribution in [0.3, 0.4) is 0 Å². The topological polar surface area (TPSA) is 0 Å². The van der Waals surface area contributed by atoms with Crippen molar-refractivity contribution in [3.05, 3.63) is 0 Å². The van der Waals surface area contributed by atoms with E-state index >= 15 is 0 Å². The number of rotatable bonds is 0. The minimum atomic E-state index is 0.246. The summed E-state index contributed by atoms with van der Waals surface area (Å²) in [5.41, 5.74) is 0.634. The molecule has 0 spiro atoms. The van der Waals surface area contributed by atoms with E-state index in [1.807, 2.05) is 0 Å². The molecule has 4 unspecified atom stereocenters. The molecule has 7 rings (SSSR count). The van der Waals surface area contributed by atoms with Crippen molar-refractivity contribution >= 4 is 23.8 Å². The van der Waals surface area contributed by atoms with Crippen molar-refractivity contribution in [3.63, 3.8) is 0 Å². The molecule has 0 aromatic rings. The average Bonchev–Trinajstić information content (AvgIpc) is 2.23. The van der Waals surface area contributed by atoms with E-state index in [1.54, 1.807) is 0 Å². The molecular formula is C15H20BBr. The Hall–Kier alpha value is 0.545. The maximum absolute atomic E-state index is 6.68. The Balaban J connectivity index is 1.72. The minimum Gasteiger partial charge on any atom is -0.0853 e. The molecule has 0 heterocycles. The molecule has 0 amide bonds. The molecule has 7 fully saturated rings. The van der Waals surface area contributed by atoms with Crippen LogP contribution in [0, 0.1) is 35.0 Å². The van der Waals surface area contributed by atoms with Gasteiger partial charge in [-0.1, -0.05) is 47.4 Å². The van der Waals surface area contributed by atoms with Gasteiger partial charge >= 0.3 is 0 Å². The molecule has 0 N–H and O–H groups in total. The molecule has 8 bridgehead atoms. The summed E-state index contributed by atoms with van der Waals surface area (Å²) in [6.45, 7) is 2.61. The molecule has 7 aliphatic rings. The van der Waals surface area contributed by atoms with Crippen LogP contribution < -0.4 is 0 Å². The summed E-state index contributed by atoms with van der Waals surface area (Å²) >= 11 is 4.13. The Kier molecular flexibility index (Phi) is 1.56. The zero-order chi connectivity index (χ0) is 11.6. The minimum absolute atomic E-state index is 0.246. The molecule has 7 saturated carbocycles. The molecule has 90 valence electrons. The summed E-state index contributed by atoms with van der Waals surface area (Å²) in [4.78, 5) is 0. The monoisotopic (exact) mass is 290 g/mol. The lowest BCUT2D eigenvalue weighted by atomic mass is 9.26. The third-order valence-corrected chi connectivity index (χ3v) is 8.55. The van der Waals surface area contributed by atoms with Gasteiger partial charge in [0.25, 0.3) is 0 Å². The van der Waals surface area contributed by atoms with Gasteiger partial charge in [-0.2, -0.15) is 0 Å². The third kappa shape index (κ3) is 0.987. The van der Waals surface area contributed by atoms with Crippen LogP contribution in [0.5, 0.6) is 0 Å². The van der Waals surface area contributed by atoms with E-state index in [0.717, 1.165) is 29.6 Å². The van der Waals surface area contributed by atoms with Crippen LogP contribution in [0.15, 0.2) is 0 Å². The second-order valence-corrected chi connectivity index (χ2v) is 10.1. The van der Waals surface area contributed by atoms with E-state index < -0.39 is 0 Å². The summed E-state index contributed by atoms with van der Waals surface area (Å²) in [5.74, 6) is 4.95. The molecule has 2 heteroatoms. The Morgan fingerprint density at radius 1 is 0.941 bits per heavy atom. The predicted molar refractivity (Wildman–Crippen MR) is 73.4 cm³/mol. The first-order valence-corrected chi connectivity index (χ1v) is 8.20. The smallest absolute Gasteiger partial charge is 0.0746 e. The summed E-state index contributed by atoms with van der Waals surface area (Å²) in [6.07, 6.45) is 8.39. The Bertz CT molecular complexity index is 393. The van der Waals surface area contributed by atoms with Gasteiger partial charge in [-0.3, -0.25) is 0 Å². The van der Waals surface area contributed by atoms with Crippen LogP contribution in [-0.4, -0.2) is 12.2 Å². The summed E-state index contributed by atoms with van der Waals surface area (Å²) in [7, 11) is 6.68. The van der Waals surface area contributed by atoms with Gasteiger partial charge in [-0.25, -0.2) is 0 Å². The molecule has 17 heavy (non-hydrogen) atoms. The van der Waals surface area contributed by atoms with E-state index in [4.69, 9.17) is 7.85 Å². The fourth-order valence-electron chi connectivity index (χ4n) is 7.44. The highest BCUT2D eigenvalue weighted by molar-refractivity contribution is 9.10. The van der Waals surface area contributed by atoms with Gasteiger partial charge < -0.3 is 0 Å². The normalized spacial score (nSPS) is 74.6. The fourth-order valence-corrected chi connectivity index (χ4v) is 8.79. The summed E-state index contributed by atoms with van der Waals surface area (Å²) in [6, 6.07) is 0. The first-order chi connectivity index (χ1) is 7.93. The van der Waals surface area contributed by atoms with Crippen molar-refractivity contribution in [1.82, 2.24) is 0 Å². The van der Waals surface area contributed by atoms with Gasteiger partial charge in [-0.05, 0) is 54.3 Å². The Morgan fingerprint density at radius 3 is 2.12 bits per heavy atom. The van der Waals surface area contributed by atoms with Crippen LogP contribution in [-0.2, 0) is 0 Å². The molecule has 2 radical (unpaired) electrons. The van der Waals surface area contributed by atoms with Crippen LogP contribution in [0.1, 0.15) is 45.4 Å². The van der Waals surface area contributed by atoms with Crippen LogP contribution in [0.2, 0.25) is 5.31 Å². The highest BCUT2D eigenvalue weighted by Crippen LogP contribution is 2.81. The molecule has 0 aromatic heterocycles. The standard InChI is InChI=1S/C15H20BBr/c1-13-7-15(17)3-9-8-2-14(16,5-11(9)13)6-12(13)10(8)4-15/h8-12H,2-7H2,1H3. The van der Waals surface area contributed by atoms with Gasteiger partial charge in [0.05, 0.1) is 7.85 Å². The number of hydrogen-bond acceptors (Lipinski definition) is 0. The van der Waals surface area contributed by atoms with Crippen LogP contribution in [0.25, 0.3) is 0 Å². The van der Waals surface area contributed by atoms with Gasteiger partial charge in [0.1, 0.15) is 0 Å². The Morgan fingerprint density at radius 2 is 1.53 bits per heavy atom. The van der Waals surface area contributed by atoms with Crippen LogP contribution >= 0.6 is 15.9 Å². The van der Waals surface area contributed by atoms with E-state index in [-0.39, 0.29) is 5.31 Å². The van der Waals surface area contributed by atoms with Crippen molar-refractivity contribution < 1.29 is 0 Å². The zero-order valence-electron chi connectivity index (χ0n) is 10.6. The quantitative estimate of drug-likeness (QED) is 0.468. The first-order valence-electron chi connectivity index (χ1n) is 7.40. The van der Waals surface area contributed by atoms with Gasteiger partial charge in [0, 0.05) is 4.32 Å². The van der Waals surface area contributed by atoms with Crippen molar-refractivity contribution in [2.24, 2.45) is 35.0 Å². The maximum Gasteiger partial charge on any atom is 0.0746 e. The molecule has 0 aromatic carbocycles. The summed E-state index contributed by atoms with van der Waals surface area (Å²) < 4.78 is 0.520. The number of halogens is 1.